The number of benzene rings is 1. The highest BCUT2D eigenvalue weighted by atomic mass is 32.2. The van der Waals surface area contributed by atoms with Crippen molar-refractivity contribution in [3.63, 3.8) is 0 Å². The van der Waals surface area contributed by atoms with E-state index in [0.717, 1.165) is 24.9 Å². The van der Waals surface area contributed by atoms with Gasteiger partial charge in [0.05, 0.1) is 4.90 Å². The Morgan fingerprint density at radius 2 is 2.09 bits per heavy atom. The first kappa shape index (κ1) is 15.2. The SMILES string of the molecule is Cc1nc(-c2ccc(S(=O)(=O)NC3CCCNC3)cc2)co1. The van der Waals surface area contributed by atoms with Crippen molar-refractivity contribution in [2.45, 2.75) is 30.7 Å². The number of aromatic nitrogens is 1. The Bertz CT molecular complexity index is 732. The van der Waals surface area contributed by atoms with E-state index in [-0.39, 0.29) is 10.9 Å². The van der Waals surface area contributed by atoms with Crippen molar-refractivity contribution in [2.75, 3.05) is 13.1 Å². The molecule has 0 aliphatic carbocycles. The van der Waals surface area contributed by atoms with Crippen molar-refractivity contribution >= 4 is 10.0 Å². The number of nitrogens with zero attached hydrogens (tertiary/aromatic N) is 1. The lowest BCUT2D eigenvalue weighted by molar-refractivity contribution is 0.428. The zero-order chi connectivity index (χ0) is 15.6. The Morgan fingerprint density at radius 3 is 2.68 bits per heavy atom. The molecule has 1 unspecified atom stereocenters. The lowest BCUT2D eigenvalue weighted by Crippen LogP contribution is -2.45. The van der Waals surface area contributed by atoms with Gasteiger partial charge in [0.25, 0.3) is 0 Å². The van der Waals surface area contributed by atoms with Crippen LogP contribution in [0, 0.1) is 6.92 Å². The third-order valence-corrected chi connectivity index (χ3v) is 5.23. The quantitative estimate of drug-likeness (QED) is 0.895. The van der Waals surface area contributed by atoms with Crippen molar-refractivity contribution in [1.82, 2.24) is 15.0 Å². The molecule has 0 radical (unpaired) electrons. The van der Waals surface area contributed by atoms with Gasteiger partial charge in [0, 0.05) is 25.1 Å². The van der Waals surface area contributed by atoms with Gasteiger partial charge in [0.2, 0.25) is 10.0 Å². The number of rotatable bonds is 4. The lowest BCUT2D eigenvalue weighted by Gasteiger charge is -2.23. The van der Waals surface area contributed by atoms with Crippen LogP contribution in [0.1, 0.15) is 18.7 Å². The molecule has 1 aliphatic rings. The molecule has 6 nitrogen and oxygen atoms in total. The number of hydrogen-bond donors (Lipinski definition) is 2. The molecule has 0 bridgehead atoms. The highest BCUT2D eigenvalue weighted by Crippen LogP contribution is 2.21. The summed E-state index contributed by atoms with van der Waals surface area (Å²) >= 11 is 0. The second kappa shape index (κ2) is 6.20. The molecule has 1 atom stereocenters. The average molecular weight is 321 g/mol. The first-order valence-corrected chi connectivity index (χ1v) is 8.78. The second-order valence-corrected chi connectivity index (χ2v) is 7.15. The van der Waals surface area contributed by atoms with Crippen LogP contribution in [0.3, 0.4) is 0 Å². The highest BCUT2D eigenvalue weighted by Gasteiger charge is 2.21. The minimum Gasteiger partial charge on any atom is -0.449 e. The zero-order valence-electron chi connectivity index (χ0n) is 12.4. The molecule has 2 N–H and O–H groups in total. The van der Waals surface area contributed by atoms with Crippen LogP contribution in [0.2, 0.25) is 0 Å². The van der Waals surface area contributed by atoms with Crippen molar-refractivity contribution in [2.24, 2.45) is 0 Å². The Labute approximate surface area is 130 Å². The molecule has 1 saturated heterocycles. The van der Waals surface area contributed by atoms with E-state index in [9.17, 15) is 8.42 Å². The summed E-state index contributed by atoms with van der Waals surface area (Å²) in [5, 5.41) is 3.20. The van der Waals surface area contributed by atoms with Gasteiger partial charge in [-0.1, -0.05) is 12.1 Å². The van der Waals surface area contributed by atoms with Gasteiger partial charge in [-0.05, 0) is 31.5 Å². The van der Waals surface area contributed by atoms with Gasteiger partial charge in [-0.25, -0.2) is 18.1 Å². The van der Waals surface area contributed by atoms with E-state index in [0.29, 0.717) is 18.1 Å². The maximum Gasteiger partial charge on any atom is 0.240 e. The van der Waals surface area contributed by atoms with Crippen molar-refractivity contribution < 1.29 is 12.8 Å². The third-order valence-electron chi connectivity index (χ3n) is 3.70. The summed E-state index contributed by atoms with van der Waals surface area (Å²) in [7, 11) is -3.49. The first-order chi connectivity index (χ1) is 10.5. The van der Waals surface area contributed by atoms with Crippen LogP contribution in [0.4, 0.5) is 0 Å². The molecule has 1 aromatic heterocycles. The maximum atomic E-state index is 12.4. The largest absolute Gasteiger partial charge is 0.449 e. The minimum absolute atomic E-state index is 0.0448. The number of aryl methyl sites for hydroxylation is 1. The molecule has 2 heterocycles. The summed E-state index contributed by atoms with van der Waals surface area (Å²) in [5.41, 5.74) is 1.53. The van der Waals surface area contributed by atoms with E-state index in [2.05, 4.69) is 15.0 Å². The molecule has 1 aliphatic heterocycles. The number of hydrogen-bond acceptors (Lipinski definition) is 5. The van der Waals surface area contributed by atoms with Crippen LogP contribution in [-0.4, -0.2) is 32.5 Å². The number of nitrogens with one attached hydrogen (secondary N) is 2. The summed E-state index contributed by atoms with van der Waals surface area (Å²) < 4.78 is 32.7. The predicted molar refractivity (Wildman–Crippen MR) is 82.9 cm³/mol. The monoisotopic (exact) mass is 321 g/mol. The fraction of sp³-hybridized carbons (Fsp3) is 0.400. The molecule has 22 heavy (non-hydrogen) atoms. The van der Waals surface area contributed by atoms with Crippen molar-refractivity contribution in [1.29, 1.82) is 0 Å². The van der Waals surface area contributed by atoms with Gasteiger partial charge < -0.3 is 9.73 Å². The van der Waals surface area contributed by atoms with Gasteiger partial charge in [-0.2, -0.15) is 0 Å². The molecule has 118 valence electrons. The van der Waals surface area contributed by atoms with Crippen molar-refractivity contribution in [3.05, 3.63) is 36.4 Å². The fourth-order valence-corrected chi connectivity index (χ4v) is 3.81. The van der Waals surface area contributed by atoms with Crippen LogP contribution < -0.4 is 10.0 Å². The molecule has 2 aromatic rings. The van der Waals surface area contributed by atoms with Gasteiger partial charge in [0.15, 0.2) is 5.89 Å². The summed E-state index contributed by atoms with van der Waals surface area (Å²) in [4.78, 5) is 4.49. The van der Waals surface area contributed by atoms with E-state index >= 15 is 0 Å². The molecule has 0 amide bonds. The smallest absolute Gasteiger partial charge is 0.240 e. The van der Waals surface area contributed by atoms with Gasteiger partial charge >= 0.3 is 0 Å². The Balaban J connectivity index is 1.76. The van der Waals surface area contributed by atoms with E-state index in [1.165, 1.54) is 0 Å². The maximum absolute atomic E-state index is 12.4. The van der Waals surface area contributed by atoms with E-state index < -0.39 is 10.0 Å². The fourth-order valence-electron chi connectivity index (χ4n) is 2.54. The summed E-state index contributed by atoms with van der Waals surface area (Å²) in [5.74, 6) is 0.582. The van der Waals surface area contributed by atoms with Crippen molar-refractivity contribution in [3.8, 4) is 11.3 Å². The normalized spacial score (nSPS) is 19.2. The Kier molecular flexibility index (Phi) is 4.28. The number of piperidine rings is 1. The van der Waals surface area contributed by atoms with Crippen LogP contribution >= 0.6 is 0 Å². The topological polar surface area (TPSA) is 84.2 Å². The zero-order valence-corrected chi connectivity index (χ0v) is 13.2. The van der Waals surface area contributed by atoms with Crippen LogP contribution in [0.25, 0.3) is 11.3 Å². The van der Waals surface area contributed by atoms with Crippen LogP contribution in [0.15, 0.2) is 39.8 Å². The highest BCUT2D eigenvalue weighted by molar-refractivity contribution is 7.89. The van der Waals surface area contributed by atoms with Crippen LogP contribution in [-0.2, 0) is 10.0 Å². The Hall–Kier alpha value is -1.70. The molecule has 0 spiro atoms. The molecule has 1 fully saturated rings. The molecular weight excluding hydrogens is 302 g/mol. The van der Waals surface area contributed by atoms with Crippen LogP contribution in [0.5, 0.6) is 0 Å². The van der Waals surface area contributed by atoms with Gasteiger partial charge in [0.1, 0.15) is 12.0 Å². The average Bonchev–Trinajstić information content (AvgIpc) is 2.95. The lowest BCUT2D eigenvalue weighted by atomic mass is 10.1. The molecule has 0 saturated carbocycles. The van der Waals surface area contributed by atoms with E-state index in [1.54, 1.807) is 37.5 Å². The van der Waals surface area contributed by atoms with E-state index in [1.807, 2.05) is 0 Å². The summed E-state index contributed by atoms with van der Waals surface area (Å²) in [6.07, 6.45) is 3.41. The third kappa shape index (κ3) is 3.37. The first-order valence-electron chi connectivity index (χ1n) is 7.30. The molecule has 3 rings (SSSR count). The Morgan fingerprint density at radius 1 is 1.32 bits per heavy atom. The van der Waals surface area contributed by atoms with Gasteiger partial charge in [-0.15, -0.1) is 0 Å². The van der Waals surface area contributed by atoms with Gasteiger partial charge in [-0.3, -0.25) is 0 Å². The molecule has 7 heteroatoms. The summed E-state index contributed by atoms with van der Waals surface area (Å²) in [6, 6.07) is 6.63. The standard InChI is InChI=1S/C15H19N3O3S/c1-11-17-15(10-21-11)12-4-6-14(7-5-12)22(19,20)18-13-3-2-8-16-9-13/h4-7,10,13,16,18H,2-3,8-9H2,1H3. The summed E-state index contributed by atoms with van der Waals surface area (Å²) in [6.45, 7) is 3.39. The van der Waals surface area contributed by atoms with E-state index in [4.69, 9.17) is 4.42 Å². The molecular formula is C15H19N3O3S. The molecule has 1 aromatic carbocycles. The second-order valence-electron chi connectivity index (χ2n) is 5.44. The number of oxazole rings is 1. The predicted octanol–water partition coefficient (Wildman–Crippen LogP) is 1.68. The number of sulfonamides is 1. The minimum atomic E-state index is -3.49.